The van der Waals surface area contributed by atoms with E-state index in [1.165, 1.54) is 47.5 Å². The van der Waals surface area contributed by atoms with Gasteiger partial charge in [-0.05, 0) is 92.2 Å². The van der Waals surface area contributed by atoms with Crippen molar-refractivity contribution in [3.63, 3.8) is 0 Å². The van der Waals surface area contributed by atoms with Crippen LogP contribution in [0.5, 0.6) is 11.5 Å². The van der Waals surface area contributed by atoms with Crippen molar-refractivity contribution < 1.29 is 52.5 Å². The van der Waals surface area contributed by atoms with Crippen molar-refractivity contribution in [3.8, 4) is 11.5 Å². The number of carbonyl (C=O) groups excluding carboxylic acids is 1. The molecule has 2 spiro atoms. The second-order valence-corrected chi connectivity index (χ2v) is 18.4. The smallest absolute Gasteiger partial charge is 0.394 e. The van der Waals surface area contributed by atoms with Crippen molar-refractivity contribution in [2.45, 2.75) is 139 Å². The number of epoxide rings is 4. The van der Waals surface area contributed by atoms with Crippen molar-refractivity contribution in [2.75, 3.05) is 27.4 Å². The highest BCUT2D eigenvalue weighted by atomic mass is 16.7. The summed E-state index contributed by atoms with van der Waals surface area (Å²) in [6, 6.07) is 8.24. The van der Waals surface area contributed by atoms with Crippen LogP contribution in [0.3, 0.4) is 0 Å². The number of nitro groups is 2. The fourth-order valence-corrected chi connectivity index (χ4v) is 10.9. The number of methoxy groups -OCH3 is 2. The molecule has 8 rings (SSSR count). The van der Waals surface area contributed by atoms with Gasteiger partial charge in [0.2, 0.25) is 0 Å². The molecule has 2 aliphatic carbocycles. The number of benzene rings is 2. The predicted octanol–water partition coefficient (Wildman–Crippen LogP) is 8.66. The number of hydrogen-bond acceptors (Lipinski definition) is 13. The second kappa shape index (κ2) is 15.6. The van der Waals surface area contributed by atoms with Crippen LogP contribution in [0.25, 0.3) is 0 Å². The monoisotopic (exact) mass is 832 g/mol. The van der Waals surface area contributed by atoms with Crippen LogP contribution in [0.1, 0.15) is 103 Å². The Balaban J connectivity index is 1.08. The summed E-state index contributed by atoms with van der Waals surface area (Å²) in [6.07, 6.45) is 5.99. The van der Waals surface area contributed by atoms with E-state index in [0.29, 0.717) is 50.0 Å². The van der Waals surface area contributed by atoms with Crippen molar-refractivity contribution in [1.29, 1.82) is 0 Å². The summed E-state index contributed by atoms with van der Waals surface area (Å²) < 4.78 is 49.5. The van der Waals surface area contributed by atoms with Crippen molar-refractivity contribution in [2.24, 2.45) is 11.8 Å². The van der Waals surface area contributed by atoms with Gasteiger partial charge in [-0.3, -0.25) is 20.2 Å². The Morgan fingerprint density at radius 2 is 1.10 bits per heavy atom. The van der Waals surface area contributed by atoms with Crippen LogP contribution in [-0.4, -0.2) is 90.3 Å². The lowest BCUT2D eigenvalue weighted by Gasteiger charge is -2.44. The molecular formula is C45H56N2O13. The standard InChI is InChI=1S/C45H56N2O13/c1-25(2)9-15-35-42(5,59-35)39-37(53-7)29(17-19-44(39)23-55-44)31-21-27(46(49)50)11-13-33(31)57-41(48)58-34-14-12-28(47(51)52)22-32(34)30-18-20-45(24-56-45)40(38(30)54-8)43(6)36(60-43)16-10-26(3)4/h9-14,21-22,29-30,35-40H,15-20,23-24H2,1-8H3/t29?,30?,35-,36-,37?,38?,39?,40?,42+,43+,44?,45?/m1/s1. The summed E-state index contributed by atoms with van der Waals surface area (Å²) in [4.78, 5) is 37.2. The van der Waals surface area contributed by atoms with Crippen LogP contribution >= 0.6 is 0 Å². The second-order valence-electron chi connectivity index (χ2n) is 18.4. The van der Waals surface area contributed by atoms with Crippen LogP contribution in [0.4, 0.5) is 16.2 Å². The molecule has 6 fully saturated rings. The zero-order valence-electron chi connectivity index (χ0n) is 35.6. The number of nitro benzene ring substituents is 2. The first-order valence-electron chi connectivity index (χ1n) is 20.9. The Morgan fingerprint density at radius 3 is 1.42 bits per heavy atom. The molecule has 0 aromatic heterocycles. The maximum Gasteiger partial charge on any atom is 0.519 e. The largest absolute Gasteiger partial charge is 0.519 e. The highest BCUT2D eigenvalue weighted by molar-refractivity contribution is 5.69. The summed E-state index contributed by atoms with van der Waals surface area (Å²) in [5.41, 5.74) is 0.875. The average molecular weight is 833 g/mol. The van der Waals surface area contributed by atoms with Gasteiger partial charge in [-0.25, -0.2) is 4.79 Å². The Morgan fingerprint density at radius 1 is 0.717 bits per heavy atom. The van der Waals surface area contributed by atoms with Gasteiger partial charge in [0.25, 0.3) is 11.4 Å². The minimum absolute atomic E-state index is 0.0513. The predicted molar refractivity (Wildman–Crippen MR) is 217 cm³/mol. The Bertz CT molecular complexity index is 1960. The zero-order valence-corrected chi connectivity index (χ0v) is 35.6. The van der Waals surface area contributed by atoms with E-state index in [2.05, 4.69) is 26.0 Å². The van der Waals surface area contributed by atoms with E-state index in [0.717, 1.165) is 12.8 Å². The first-order chi connectivity index (χ1) is 28.5. The highest BCUT2D eigenvalue weighted by Gasteiger charge is 2.73. The van der Waals surface area contributed by atoms with Gasteiger partial charge in [-0.1, -0.05) is 23.3 Å². The third-order valence-corrected chi connectivity index (χ3v) is 14.2. The minimum Gasteiger partial charge on any atom is -0.394 e. The van der Waals surface area contributed by atoms with Gasteiger partial charge in [-0.15, -0.1) is 0 Å². The highest BCUT2D eigenvalue weighted by Crippen LogP contribution is 2.64. The summed E-state index contributed by atoms with van der Waals surface area (Å²) in [6.45, 7) is 13.4. The molecule has 0 bridgehead atoms. The molecule has 2 saturated carbocycles. The van der Waals surface area contributed by atoms with Crippen molar-refractivity contribution in [3.05, 3.63) is 91.1 Å². The molecule has 2 aromatic carbocycles. The van der Waals surface area contributed by atoms with Gasteiger partial charge in [0, 0.05) is 73.3 Å². The molecular weight excluding hydrogens is 776 g/mol. The molecule has 0 radical (unpaired) electrons. The maximum absolute atomic E-state index is 14.0. The molecule has 4 aliphatic heterocycles. The lowest BCUT2D eigenvalue weighted by Crippen LogP contribution is -2.52. The van der Waals surface area contributed by atoms with Gasteiger partial charge < -0.3 is 37.9 Å². The van der Waals surface area contributed by atoms with Crippen LogP contribution in [0.2, 0.25) is 0 Å². The Labute approximate surface area is 349 Å². The first-order valence-corrected chi connectivity index (χ1v) is 20.9. The topological polar surface area (TPSA) is 190 Å². The third kappa shape index (κ3) is 7.66. The zero-order chi connectivity index (χ0) is 42.9. The van der Waals surface area contributed by atoms with Gasteiger partial charge in [0.1, 0.15) is 22.7 Å². The number of carbonyl (C=O) groups is 1. The molecule has 0 amide bonds. The summed E-state index contributed by atoms with van der Waals surface area (Å²) >= 11 is 0. The van der Waals surface area contributed by atoms with Crippen LogP contribution in [0, 0.1) is 32.1 Å². The van der Waals surface area contributed by atoms with Crippen LogP contribution in [-0.2, 0) is 28.4 Å². The van der Waals surface area contributed by atoms with E-state index in [-0.39, 0.29) is 46.9 Å². The fraction of sp³-hybridized carbons (Fsp3) is 0.622. The van der Waals surface area contributed by atoms with E-state index in [4.69, 9.17) is 37.9 Å². The summed E-state index contributed by atoms with van der Waals surface area (Å²) in [5.74, 6) is -1.10. The lowest BCUT2D eigenvalue weighted by molar-refractivity contribution is -0.385. The first kappa shape index (κ1) is 42.4. The van der Waals surface area contributed by atoms with E-state index in [1.807, 2.05) is 27.7 Å². The fourth-order valence-electron chi connectivity index (χ4n) is 10.9. The SMILES string of the molecule is COC1C(c2cc([N+](=O)[O-])ccc2OC(=O)Oc2ccc([N+](=O)[O-])cc2C2CCC3(CO3)C([C@@]3(C)O[C@@H]3CC=C(C)C)C2OC)CCC2(CO2)C1[C@@]1(C)O[C@@H]1CC=C(C)C. The van der Waals surface area contributed by atoms with Crippen LogP contribution in [0.15, 0.2) is 59.7 Å². The molecule has 4 heterocycles. The van der Waals surface area contributed by atoms with Gasteiger partial charge >= 0.3 is 6.16 Å². The quantitative estimate of drug-likeness (QED) is 0.0439. The van der Waals surface area contributed by atoms with E-state index < -0.39 is 62.4 Å². The van der Waals surface area contributed by atoms with E-state index in [1.54, 1.807) is 14.2 Å². The number of allylic oxidation sites excluding steroid dienone is 2. The molecule has 0 N–H and O–H groups in total. The van der Waals surface area contributed by atoms with Crippen LogP contribution < -0.4 is 9.47 Å². The molecule has 2 aromatic rings. The molecule has 60 heavy (non-hydrogen) atoms. The Hall–Kier alpha value is -4.25. The van der Waals surface area contributed by atoms with Gasteiger partial charge in [0.15, 0.2) is 0 Å². The normalized spacial score (nSPS) is 37.2. The minimum atomic E-state index is -1.11. The molecule has 4 saturated heterocycles. The number of ether oxygens (including phenoxy) is 8. The number of non-ortho nitro benzene ring substituents is 2. The van der Waals surface area contributed by atoms with Crippen molar-refractivity contribution in [1.82, 2.24) is 0 Å². The summed E-state index contributed by atoms with van der Waals surface area (Å²) in [7, 11) is 3.23. The Kier molecular flexibility index (Phi) is 11.0. The molecule has 12 atom stereocenters. The van der Waals surface area contributed by atoms with E-state index >= 15 is 0 Å². The average Bonchev–Trinajstić information content (AvgIpc) is 4.09. The lowest BCUT2D eigenvalue weighted by atomic mass is 9.64. The van der Waals surface area contributed by atoms with E-state index in [9.17, 15) is 25.0 Å². The number of nitrogens with zero attached hydrogens (tertiary/aromatic N) is 2. The number of rotatable bonds is 14. The maximum atomic E-state index is 14.0. The number of hydrogen-bond donors (Lipinski definition) is 0. The molecule has 15 nitrogen and oxygen atoms in total. The molecule has 6 aliphatic rings. The summed E-state index contributed by atoms with van der Waals surface area (Å²) in [5, 5.41) is 24.2. The molecule has 324 valence electrons. The van der Waals surface area contributed by atoms with Gasteiger partial charge in [0.05, 0.1) is 58.7 Å². The van der Waals surface area contributed by atoms with Gasteiger partial charge in [-0.2, -0.15) is 0 Å². The molecule has 15 heteroatoms. The van der Waals surface area contributed by atoms with Crippen molar-refractivity contribution >= 4 is 17.5 Å². The molecule has 8 unspecified atom stereocenters. The third-order valence-electron chi connectivity index (χ3n) is 14.2.